The second kappa shape index (κ2) is 10.1. The van der Waals surface area contributed by atoms with Crippen LogP contribution in [-0.2, 0) is 14.3 Å². The lowest BCUT2D eigenvalue weighted by Gasteiger charge is -2.31. The Morgan fingerprint density at radius 1 is 1.27 bits per heavy atom. The number of methoxy groups -OCH3 is 1. The molecule has 1 aromatic rings. The van der Waals surface area contributed by atoms with Crippen LogP contribution in [0.4, 0.5) is 5.69 Å². The molecule has 146 valence electrons. The van der Waals surface area contributed by atoms with Crippen molar-refractivity contribution in [1.29, 1.82) is 0 Å². The fraction of sp³-hybridized carbons (Fsp3) is 0.650. The van der Waals surface area contributed by atoms with Gasteiger partial charge in [0.05, 0.1) is 11.6 Å². The Labute approximate surface area is 161 Å². The molecular formula is C20H30ClNO4. The molecule has 0 radical (unpaired) electrons. The summed E-state index contributed by atoms with van der Waals surface area (Å²) >= 11 is 6.32. The predicted molar refractivity (Wildman–Crippen MR) is 104 cm³/mol. The summed E-state index contributed by atoms with van der Waals surface area (Å²) in [7, 11) is 1.63. The van der Waals surface area contributed by atoms with Crippen molar-refractivity contribution >= 4 is 23.2 Å². The summed E-state index contributed by atoms with van der Waals surface area (Å²) < 4.78 is 16.7. The van der Waals surface area contributed by atoms with Crippen LogP contribution in [0.25, 0.3) is 0 Å². The number of carbonyl (C=O) groups excluding carboxylic acids is 1. The minimum Gasteiger partial charge on any atom is -0.487 e. The van der Waals surface area contributed by atoms with Crippen molar-refractivity contribution in [1.82, 2.24) is 0 Å². The van der Waals surface area contributed by atoms with Gasteiger partial charge in [0.2, 0.25) is 0 Å². The number of halogens is 1. The molecule has 1 unspecified atom stereocenters. The molecule has 0 aromatic heterocycles. The number of rotatable bonds is 8. The number of nitrogens with one attached hydrogen (secondary N) is 1. The van der Waals surface area contributed by atoms with Crippen LogP contribution in [0.2, 0.25) is 5.02 Å². The van der Waals surface area contributed by atoms with Crippen LogP contribution in [0.3, 0.4) is 0 Å². The van der Waals surface area contributed by atoms with Gasteiger partial charge in [-0.05, 0) is 44.9 Å². The van der Waals surface area contributed by atoms with Gasteiger partial charge < -0.3 is 19.5 Å². The van der Waals surface area contributed by atoms with E-state index in [1.807, 2.05) is 13.8 Å². The monoisotopic (exact) mass is 383 g/mol. The zero-order valence-corrected chi connectivity index (χ0v) is 16.7. The van der Waals surface area contributed by atoms with Gasteiger partial charge in [0.1, 0.15) is 17.5 Å². The van der Waals surface area contributed by atoms with Crippen molar-refractivity contribution in [2.24, 2.45) is 0 Å². The first-order chi connectivity index (χ1) is 12.5. The molecule has 0 saturated heterocycles. The lowest BCUT2D eigenvalue weighted by atomic mass is 9.93. The molecule has 0 aliphatic heterocycles. The van der Waals surface area contributed by atoms with Crippen molar-refractivity contribution < 1.29 is 19.0 Å². The van der Waals surface area contributed by atoms with E-state index < -0.39 is 5.60 Å². The highest BCUT2D eigenvalue weighted by Gasteiger charge is 2.39. The number of hydrogen-bond donors (Lipinski definition) is 1. The van der Waals surface area contributed by atoms with E-state index in [4.69, 9.17) is 25.8 Å². The zero-order chi connectivity index (χ0) is 19.0. The second-order valence-electron chi connectivity index (χ2n) is 6.82. The average molecular weight is 384 g/mol. The number of ether oxygens (including phenoxy) is 3. The number of amides is 1. The quantitative estimate of drug-likeness (QED) is 0.654. The summed E-state index contributed by atoms with van der Waals surface area (Å²) in [6.07, 6.45) is 5.74. The van der Waals surface area contributed by atoms with Crippen molar-refractivity contribution in [2.45, 2.75) is 64.1 Å². The Hall–Kier alpha value is -1.30. The summed E-state index contributed by atoms with van der Waals surface area (Å²) in [5, 5.41) is 3.44. The summed E-state index contributed by atoms with van der Waals surface area (Å²) in [6, 6.07) is 5.28. The minimum absolute atomic E-state index is 0.0845. The highest BCUT2D eigenvalue weighted by atomic mass is 35.5. The van der Waals surface area contributed by atoms with E-state index in [2.05, 4.69) is 5.32 Å². The maximum atomic E-state index is 13.0. The Morgan fingerprint density at radius 2 is 1.96 bits per heavy atom. The van der Waals surface area contributed by atoms with Crippen LogP contribution < -0.4 is 10.1 Å². The van der Waals surface area contributed by atoms with Crippen molar-refractivity contribution in [3.8, 4) is 5.75 Å². The summed E-state index contributed by atoms with van der Waals surface area (Å²) in [5.41, 5.74) is -0.0880. The van der Waals surface area contributed by atoms with Gasteiger partial charge in [0.15, 0.2) is 0 Å². The highest BCUT2D eigenvalue weighted by Crippen LogP contribution is 2.33. The molecule has 0 spiro atoms. The lowest BCUT2D eigenvalue weighted by Crippen LogP contribution is -2.45. The molecule has 1 atom stereocenters. The maximum Gasteiger partial charge on any atom is 0.256 e. The Morgan fingerprint density at radius 3 is 2.54 bits per heavy atom. The summed E-state index contributed by atoms with van der Waals surface area (Å²) in [5.74, 6) is 0.488. The van der Waals surface area contributed by atoms with Gasteiger partial charge in [-0.1, -0.05) is 37.3 Å². The molecule has 1 amide bonds. The van der Waals surface area contributed by atoms with Crippen molar-refractivity contribution in [3.05, 3.63) is 23.2 Å². The molecule has 0 bridgehead atoms. The predicted octanol–water partition coefficient (Wildman–Crippen LogP) is 4.82. The first kappa shape index (κ1) is 21.0. The van der Waals surface area contributed by atoms with Crippen molar-refractivity contribution in [2.75, 3.05) is 25.6 Å². The minimum atomic E-state index is -0.736. The standard InChI is InChI=1S/C20H30ClNO4/c1-4-25-20(11-7-5-6-8-12-20)19(23)22-16-9-10-18(17(21)13-16)26-15(2)14-24-3/h9-10,13,15H,4-8,11-12,14H2,1-3H3,(H,22,23). The fourth-order valence-corrected chi connectivity index (χ4v) is 3.64. The molecule has 1 aromatic carbocycles. The molecule has 0 heterocycles. The van der Waals surface area contributed by atoms with Crippen LogP contribution in [0.5, 0.6) is 5.75 Å². The maximum absolute atomic E-state index is 13.0. The smallest absolute Gasteiger partial charge is 0.256 e. The molecule has 5 nitrogen and oxygen atoms in total. The number of hydrogen-bond acceptors (Lipinski definition) is 4. The molecule has 1 fully saturated rings. The lowest BCUT2D eigenvalue weighted by molar-refractivity contribution is -0.143. The first-order valence-electron chi connectivity index (χ1n) is 9.41. The van der Waals surface area contributed by atoms with E-state index in [9.17, 15) is 4.79 Å². The second-order valence-corrected chi connectivity index (χ2v) is 7.23. The van der Waals surface area contributed by atoms with Crippen LogP contribution in [0.1, 0.15) is 52.4 Å². The Kier molecular flexibility index (Phi) is 8.19. The van der Waals surface area contributed by atoms with Gasteiger partial charge >= 0.3 is 0 Å². The van der Waals surface area contributed by atoms with Gasteiger partial charge in [-0.25, -0.2) is 0 Å². The number of carbonyl (C=O) groups is 1. The van der Waals surface area contributed by atoms with E-state index in [0.717, 1.165) is 38.5 Å². The van der Waals surface area contributed by atoms with Gasteiger partial charge in [-0.2, -0.15) is 0 Å². The normalized spacial score (nSPS) is 18.0. The van der Waals surface area contributed by atoms with Crippen molar-refractivity contribution in [3.63, 3.8) is 0 Å². The van der Waals surface area contributed by atoms with Gasteiger partial charge in [0.25, 0.3) is 5.91 Å². The van der Waals surface area contributed by atoms with E-state index in [1.54, 1.807) is 25.3 Å². The molecule has 2 rings (SSSR count). The van der Waals surface area contributed by atoms with Crippen LogP contribution in [0, 0.1) is 0 Å². The molecular weight excluding hydrogens is 354 g/mol. The Bertz CT molecular complexity index is 585. The van der Waals surface area contributed by atoms with Gasteiger partial charge in [0, 0.05) is 19.4 Å². The first-order valence-corrected chi connectivity index (χ1v) is 9.79. The molecule has 1 aliphatic carbocycles. The third-order valence-electron chi connectivity index (χ3n) is 4.66. The summed E-state index contributed by atoms with van der Waals surface area (Å²) in [6.45, 7) is 4.85. The number of benzene rings is 1. The summed E-state index contributed by atoms with van der Waals surface area (Å²) in [4.78, 5) is 13.0. The average Bonchev–Trinajstić information content (AvgIpc) is 2.84. The molecule has 26 heavy (non-hydrogen) atoms. The van der Waals surface area contributed by atoms with Gasteiger partial charge in [-0.15, -0.1) is 0 Å². The third kappa shape index (κ3) is 5.60. The Balaban J connectivity index is 2.08. The highest BCUT2D eigenvalue weighted by molar-refractivity contribution is 6.32. The fourth-order valence-electron chi connectivity index (χ4n) is 3.42. The van der Waals surface area contributed by atoms with E-state index in [-0.39, 0.29) is 12.0 Å². The molecule has 6 heteroatoms. The van der Waals surface area contributed by atoms with E-state index in [1.165, 1.54) is 0 Å². The molecule has 1 saturated carbocycles. The number of anilines is 1. The molecule has 1 aliphatic rings. The SMILES string of the molecule is CCOC1(C(=O)Nc2ccc(OC(C)COC)c(Cl)c2)CCCCCC1. The van der Waals surface area contributed by atoms with Crippen LogP contribution in [0.15, 0.2) is 18.2 Å². The third-order valence-corrected chi connectivity index (χ3v) is 4.96. The zero-order valence-electron chi connectivity index (χ0n) is 16.0. The topological polar surface area (TPSA) is 56.8 Å². The van der Waals surface area contributed by atoms with E-state index >= 15 is 0 Å². The molecule has 1 N–H and O–H groups in total. The van der Waals surface area contributed by atoms with Gasteiger partial charge in [-0.3, -0.25) is 4.79 Å². The largest absolute Gasteiger partial charge is 0.487 e. The van der Waals surface area contributed by atoms with Crippen LogP contribution in [-0.4, -0.2) is 37.9 Å². The van der Waals surface area contributed by atoms with Crippen LogP contribution >= 0.6 is 11.6 Å². The van der Waals surface area contributed by atoms with E-state index in [0.29, 0.717) is 29.7 Å².